The van der Waals surface area contributed by atoms with Gasteiger partial charge in [-0.3, -0.25) is 9.89 Å². The van der Waals surface area contributed by atoms with Crippen molar-refractivity contribution in [1.29, 1.82) is 0 Å². The summed E-state index contributed by atoms with van der Waals surface area (Å²) in [6, 6.07) is 1.47. The summed E-state index contributed by atoms with van der Waals surface area (Å²) in [5.74, 6) is 0.435. The van der Waals surface area contributed by atoms with Gasteiger partial charge in [-0.15, -0.1) is 0 Å². The number of fused-ring (bicyclic) bond motifs is 1. The van der Waals surface area contributed by atoms with E-state index in [2.05, 4.69) is 25.0 Å². The van der Waals surface area contributed by atoms with Crippen molar-refractivity contribution in [3.05, 3.63) is 34.8 Å². The minimum atomic E-state index is -0.211. The number of rotatable bonds is 3. The first-order chi connectivity index (χ1) is 8.79. The maximum atomic E-state index is 11.9. The molecule has 0 saturated carbocycles. The highest BCUT2D eigenvalue weighted by Gasteiger charge is 2.11. The second kappa shape index (κ2) is 4.08. The summed E-state index contributed by atoms with van der Waals surface area (Å²) in [4.78, 5) is 26.9. The third kappa shape index (κ3) is 1.59. The van der Waals surface area contributed by atoms with Crippen LogP contribution in [0.3, 0.4) is 0 Å². The summed E-state index contributed by atoms with van der Waals surface area (Å²) in [6.07, 6.45) is 2.87. The van der Waals surface area contributed by atoms with Crippen molar-refractivity contribution >= 4 is 11.2 Å². The molecule has 0 atom stereocenters. The number of nitrogens with zero attached hydrogens (tertiary/aromatic N) is 4. The van der Waals surface area contributed by atoms with Crippen LogP contribution in [0.5, 0.6) is 0 Å². The van der Waals surface area contributed by atoms with E-state index >= 15 is 0 Å². The fraction of sp³-hybridized carbons (Fsp3) is 0.200. The molecule has 0 amide bonds. The molecule has 3 rings (SSSR count). The third-order valence-electron chi connectivity index (χ3n) is 2.49. The molecule has 0 bridgehead atoms. The molecule has 3 heterocycles. The Morgan fingerprint density at radius 2 is 2.28 bits per heavy atom. The van der Waals surface area contributed by atoms with E-state index in [-0.39, 0.29) is 5.56 Å². The highest BCUT2D eigenvalue weighted by atomic mass is 16.5. The first-order valence-electron chi connectivity index (χ1n) is 5.24. The van der Waals surface area contributed by atoms with E-state index in [9.17, 15) is 4.79 Å². The second-order valence-electron chi connectivity index (χ2n) is 3.69. The predicted molar refractivity (Wildman–Crippen MR) is 62.3 cm³/mol. The molecule has 2 N–H and O–H groups in total. The van der Waals surface area contributed by atoms with Crippen molar-refractivity contribution in [3.8, 4) is 5.82 Å². The molecule has 0 aromatic carbocycles. The van der Waals surface area contributed by atoms with E-state index in [1.807, 2.05) is 0 Å². The van der Waals surface area contributed by atoms with Crippen LogP contribution in [0.25, 0.3) is 17.0 Å². The van der Waals surface area contributed by atoms with Gasteiger partial charge in [0.2, 0.25) is 0 Å². The molecule has 0 fully saturated rings. The van der Waals surface area contributed by atoms with E-state index in [4.69, 9.17) is 4.74 Å². The molecular formula is C10H10N6O2. The van der Waals surface area contributed by atoms with Gasteiger partial charge >= 0.3 is 0 Å². The molecule has 0 radical (unpaired) electrons. The Kier molecular flexibility index (Phi) is 2.41. The average Bonchev–Trinajstić information content (AvgIpc) is 2.95. The fourth-order valence-corrected chi connectivity index (χ4v) is 1.75. The summed E-state index contributed by atoms with van der Waals surface area (Å²) in [7, 11) is 1.56. The molecule has 0 aliphatic heterocycles. The topological polar surface area (TPSA) is 101 Å². The van der Waals surface area contributed by atoms with Crippen molar-refractivity contribution in [2.45, 2.75) is 6.61 Å². The van der Waals surface area contributed by atoms with Gasteiger partial charge in [0.1, 0.15) is 11.8 Å². The highest BCUT2D eigenvalue weighted by Crippen LogP contribution is 2.11. The van der Waals surface area contributed by atoms with E-state index in [0.29, 0.717) is 29.3 Å². The van der Waals surface area contributed by atoms with Crippen LogP contribution >= 0.6 is 0 Å². The van der Waals surface area contributed by atoms with Gasteiger partial charge in [0.05, 0.1) is 18.6 Å². The number of ether oxygens (including phenoxy) is 1. The lowest BCUT2D eigenvalue weighted by atomic mass is 10.5. The minimum Gasteiger partial charge on any atom is -0.378 e. The Bertz CT molecular complexity index is 740. The van der Waals surface area contributed by atoms with Gasteiger partial charge in [0.15, 0.2) is 11.5 Å². The molecule has 0 unspecified atom stereocenters. The lowest BCUT2D eigenvalue weighted by molar-refractivity contribution is 0.181. The highest BCUT2D eigenvalue weighted by molar-refractivity contribution is 5.77. The van der Waals surface area contributed by atoms with Crippen molar-refractivity contribution in [1.82, 2.24) is 29.7 Å². The van der Waals surface area contributed by atoms with Crippen LogP contribution in [-0.2, 0) is 11.3 Å². The lowest BCUT2D eigenvalue weighted by Crippen LogP contribution is -2.15. The van der Waals surface area contributed by atoms with E-state index < -0.39 is 0 Å². The van der Waals surface area contributed by atoms with Crippen molar-refractivity contribution in [2.24, 2.45) is 0 Å². The lowest BCUT2D eigenvalue weighted by Gasteiger charge is -2.01. The maximum Gasteiger partial charge on any atom is 0.273 e. The van der Waals surface area contributed by atoms with Crippen LogP contribution in [0.2, 0.25) is 0 Å². The van der Waals surface area contributed by atoms with Gasteiger partial charge in [-0.2, -0.15) is 4.68 Å². The number of imidazole rings is 1. The summed E-state index contributed by atoms with van der Waals surface area (Å²) in [6.45, 7) is 0.333. The Morgan fingerprint density at radius 3 is 3.11 bits per heavy atom. The Labute approximate surface area is 101 Å². The quantitative estimate of drug-likeness (QED) is 0.676. The van der Waals surface area contributed by atoms with Crippen LogP contribution in [0.4, 0.5) is 0 Å². The van der Waals surface area contributed by atoms with Gasteiger partial charge < -0.3 is 9.72 Å². The minimum absolute atomic E-state index is 0.211. The van der Waals surface area contributed by atoms with Crippen LogP contribution in [-0.4, -0.2) is 36.8 Å². The predicted octanol–water partition coefficient (Wildman–Crippen LogP) is -0.0217. The number of H-pyrrole nitrogens is 2. The summed E-state index contributed by atoms with van der Waals surface area (Å²) in [5, 5.41) is 2.92. The maximum absolute atomic E-state index is 11.9. The van der Waals surface area contributed by atoms with Crippen LogP contribution in [0.15, 0.2) is 23.5 Å². The van der Waals surface area contributed by atoms with Gasteiger partial charge in [-0.1, -0.05) is 0 Å². The average molecular weight is 246 g/mol. The summed E-state index contributed by atoms with van der Waals surface area (Å²) < 4.78 is 6.30. The van der Waals surface area contributed by atoms with Crippen molar-refractivity contribution < 1.29 is 4.74 Å². The summed E-state index contributed by atoms with van der Waals surface area (Å²) in [5.41, 5.74) is 1.57. The zero-order chi connectivity index (χ0) is 12.5. The van der Waals surface area contributed by atoms with Crippen molar-refractivity contribution in [2.75, 3.05) is 7.11 Å². The van der Waals surface area contributed by atoms with E-state index in [0.717, 1.165) is 0 Å². The van der Waals surface area contributed by atoms with Crippen LogP contribution in [0, 0.1) is 0 Å². The van der Waals surface area contributed by atoms with Gasteiger partial charge in [-0.25, -0.2) is 15.0 Å². The van der Waals surface area contributed by atoms with Crippen LogP contribution < -0.4 is 5.56 Å². The monoisotopic (exact) mass is 246 g/mol. The molecule has 0 spiro atoms. The molecule has 3 aromatic heterocycles. The number of aromatic nitrogens is 6. The molecule has 3 aromatic rings. The number of nitrogens with one attached hydrogen (secondary N) is 2. The fourth-order valence-electron chi connectivity index (χ4n) is 1.75. The van der Waals surface area contributed by atoms with E-state index in [1.54, 1.807) is 7.11 Å². The second-order valence-corrected chi connectivity index (χ2v) is 3.69. The Balaban J connectivity index is 2.20. The molecule has 8 heteroatoms. The molecular weight excluding hydrogens is 236 g/mol. The number of hydrogen-bond acceptors (Lipinski definition) is 5. The first kappa shape index (κ1) is 10.7. The van der Waals surface area contributed by atoms with Gasteiger partial charge in [0.25, 0.3) is 5.56 Å². The molecule has 8 nitrogen and oxygen atoms in total. The van der Waals surface area contributed by atoms with Gasteiger partial charge in [0, 0.05) is 13.2 Å². The molecule has 18 heavy (non-hydrogen) atoms. The van der Waals surface area contributed by atoms with Crippen LogP contribution in [0.1, 0.15) is 5.69 Å². The number of aromatic amines is 2. The van der Waals surface area contributed by atoms with Crippen molar-refractivity contribution in [3.63, 3.8) is 0 Å². The third-order valence-corrected chi connectivity index (χ3v) is 2.49. The Hall–Kier alpha value is -2.48. The Morgan fingerprint density at radius 1 is 1.39 bits per heavy atom. The molecule has 0 saturated heterocycles. The molecule has 0 aliphatic rings. The smallest absolute Gasteiger partial charge is 0.273 e. The summed E-state index contributed by atoms with van der Waals surface area (Å²) >= 11 is 0. The standard InChI is InChI=1S/C10H10N6O2/c1-18-3-6-2-7(17)16(15-6)10-8-9(12-4-11-8)13-5-14-10/h2,4-5,15H,3H2,1H3,(H,11,12,13,14). The van der Waals surface area contributed by atoms with Gasteiger partial charge in [-0.05, 0) is 0 Å². The number of hydrogen-bond donors (Lipinski definition) is 2. The SMILES string of the molecule is COCc1cc(=O)n(-c2ncnc3nc[nH]c23)[nH]1. The zero-order valence-electron chi connectivity index (χ0n) is 9.54. The van der Waals surface area contributed by atoms with E-state index in [1.165, 1.54) is 23.4 Å². The normalized spacial score (nSPS) is 11.2. The zero-order valence-corrected chi connectivity index (χ0v) is 9.54. The first-order valence-corrected chi connectivity index (χ1v) is 5.24. The molecule has 0 aliphatic carbocycles. The largest absolute Gasteiger partial charge is 0.378 e. The molecule has 92 valence electrons. The number of methoxy groups -OCH3 is 1.